The molecule has 6 nitrogen and oxygen atoms in total. The van der Waals surface area contributed by atoms with Gasteiger partial charge in [-0.3, -0.25) is 9.69 Å². The van der Waals surface area contributed by atoms with Crippen LogP contribution in [-0.4, -0.2) is 60.1 Å². The zero-order valence-electron chi connectivity index (χ0n) is 20.3. The van der Waals surface area contributed by atoms with Gasteiger partial charge in [-0.2, -0.15) is 0 Å². The lowest BCUT2D eigenvalue weighted by Gasteiger charge is -2.36. The summed E-state index contributed by atoms with van der Waals surface area (Å²) in [6.07, 6.45) is 0. The number of carbonyl (C=O) groups is 1. The molecule has 0 spiro atoms. The van der Waals surface area contributed by atoms with Crippen LogP contribution in [0, 0.1) is 5.82 Å². The molecule has 1 aliphatic rings. The number of hydrogen-bond donors (Lipinski definition) is 1. The third-order valence-corrected chi connectivity index (χ3v) is 6.38. The third-order valence-electron chi connectivity index (χ3n) is 5.89. The monoisotopic (exact) mass is 507 g/mol. The second-order valence-electron chi connectivity index (χ2n) is 8.49. The first-order chi connectivity index (χ1) is 17.5. The maximum Gasteiger partial charge on any atom is 0.262 e. The van der Waals surface area contributed by atoms with E-state index in [2.05, 4.69) is 39.4 Å². The molecule has 1 amide bonds. The molecule has 0 aromatic heterocycles. The van der Waals surface area contributed by atoms with Gasteiger partial charge >= 0.3 is 0 Å². The molecule has 3 aromatic rings. The fraction of sp³-hybridized carbons (Fsp3) is 0.286. The Bertz CT molecular complexity index is 1170. The maximum atomic E-state index is 13.1. The van der Waals surface area contributed by atoms with Crippen LogP contribution in [0.5, 0.6) is 11.5 Å². The zero-order valence-corrected chi connectivity index (χ0v) is 21.1. The van der Waals surface area contributed by atoms with Gasteiger partial charge in [-0.15, -0.1) is 0 Å². The molecule has 8 heteroatoms. The second-order valence-corrected chi connectivity index (χ2v) is 8.88. The average molecular weight is 508 g/mol. The molecule has 0 radical (unpaired) electrons. The van der Waals surface area contributed by atoms with Crippen LogP contribution in [0.15, 0.2) is 72.8 Å². The Labute approximate surface area is 216 Å². The maximum absolute atomic E-state index is 13.1. The van der Waals surface area contributed by atoms with Gasteiger partial charge in [-0.05, 0) is 55.0 Å². The van der Waals surface area contributed by atoms with Crippen LogP contribution in [0.3, 0.4) is 0 Å². The van der Waals surface area contributed by atoms with E-state index in [1.54, 1.807) is 6.07 Å². The van der Waals surface area contributed by atoms with Crippen molar-refractivity contribution in [3.63, 3.8) is 0 Å². The molecule has 0 saturated carbocycles. The molecule has 36 heavy (non-hydrogen) atoms. The number of halogens is 1. The molecule has 0 bridgehead atoms. The standard InChI is InChI=1S/C28H30FN3O3S/c1-2-34-26-18-22(8-13-25(26)35-20-27(33)30-24-11-9-23(29)10-12-24)28(36)32-16-14-31(15-17-32)19-21-6-4-3-5-7-21/h3-13,18H,2,14-17,19-20H2,1H3,(H,30,33). The van der Waals surface area contributed by atoms with E-state index in [-0.39, 0.29) is 18.3 Å². The molecule has 0 atom stereocenters. The number of nitrogens with one attached hydrogen (secondary N) is 1. The molecule has 1 aliphatic heterocycles. The first-order valence-corrected chi connectivity index (χ1v) is 12.4. The van der Waals surface area contributed by atoms with Crippen molar-refractivity contribution in [1.29, 1.82) is 0 Å². The van der Waals surface area contributed by atoms with Crippen LogP contribution in [0.1, 0.15) is 18.1 Å². The molecule has 1 N–H and O–H groups in total. The van der Waals surface area contributed by atoms with E-state index in [0.717, 1.165) is 43.3 Å². The number of thiocarbonyl (C=S) groups is 1. The normalized spacial score (nSPS) is 13.8. The van der Waals surface area contributed by atoms with Crippen molar-refractivity contribution in [1.82, 2.24) is 9.80 Å². The number of amides is 1. The van der Waals surface area contributed by atoms with Crippen LogP contribution < -0.4 is 14.8 Å². The van der Waals surface area contributed by atoms with Crippen LogP contribution in [-0.2, 0) is 11.3 Å². The lowest BCUT2D eigenvalue weighted by atomic mass is 10.1. The van der Waals surface area contributed by atoms with Crippen LogP contribution in [0.2, 0.25) is 0 Å². The number of carbonyl (C=O) groups excluding carboxylic acids is 1. The summed E-state index contributed by atoms with van der Waals surface area (Å²) < 4.78 is 24.6. The summed E-state index contributed by atoms with van der Waals surface area (Å²) in [6.45, 7) is 6.68. The van der Waals surface area contributed by atoms with Crippen molar-refractivity contribution >= 4 is 28.8 Å². The molecule has 1 fully saturated rings. The Hall–Kier alpha value is -3.49. The number of ether oxygens (including phenoxy) is 2. The number of piperazine rings is 1. The van der Waals surface area contributed by atoms with Gasteiger partial charge in [0.05, 0.1) is 6.61 Å². The van der Waals surface area contributed by atoms with Crippen molar-refractivity contribution in [2.75, 3.05) is 44.7 Å². The SMILES string of the molecule is CCOc1cc(C(=S)N2CCN(Cc3ccccc3)CC2)ccc1OCC(=O)Nc1ccc(F)cc1. The highest BCUT2D eigenvalue weighted by Gasteiger charge is 2.21. The van der Waals surface area contributed by atoms with Gasteiger partial charge in [0.2, 0.25) is 0 Å². The molecule has 188 valence electrons. The highest BCUT2D eigenvalue weighted by Crippen LogP contribution is 2.29. The lowest BCUT2D eigenvalue weighted by Crippen LogP contribution is -2.48. The Morgan fingerprint density at radius 3 is 2.36 bits per heavy atom. The highest BCUT2D eigenvalue weighted by atomic mass is 32.1. The van der Waals surface area contributed by atoms with E-state index < -0.39 is 0 Å². The first kappa shape index (κ1) is 25.6. The van der Waals surface area contributed by atoms with E-state index >= 15 is 0 Å². The minimum atomic E-state index is -0.363. The topological polar surface area (TPSA) is 54.0 Å². The Morgan fingerprint density at radius 1 is 0.944 bits per heavy atom. The van der Waals surface area contributed by atoms with Gasteiger partial charge in [-0.1, -0.05) is 42.5 Å². The molecule has 1 saturated heterocycles. The number of rotatable bonds is 9. The number of hydrogen-bond acceptors (Lipinski definition) is 5. The Morgan fingerprint density at radius 2 is 1.67 bits per heavy atom. The zero-order chi connectivity index (χ0) is 25.3. The molecule has 1 heterocycles. The average Bonchev–Trinajstić information content (AvgIpc) is 2.90. The van der Waals surface area contributed by atoms with Gasteiger partial charge in [0.25, 0.3) is 5.91 Å². The smallest absolute Gasteiger partial charge is 0.262 e. The van der Waals surface area contributed by atoms with Gasteiger partial charge in [0.15, 0.2) is 18.1 Å². The summed E-state index contributed by atoms with van der Waals surface area (Å²) in [6, 6.07) is 21.6. The van der Waals surface area contributed by atoms with Gasteiger partial charge in [0, 0.05) is 44.0 Å². The second kappa shape index (κ2) is 12.5. The van der Waals surface area contributed by atoms with Crippen LogP contribution in [0.4, 0.5) is 10.1 Å². The predicted molar refractivity (Wildman–Crippen MR) is 143 cm³/mol. The number of nitrogens with zero attached hydrogens (tertiary/aromatic N) is 2. The third kappa shape index (κ3) is 7.02. The summed E-state index contributed by atoms with van der Waals surface area (Å²) in [4.78, 5) is 17.7. The van der Waals surface area contributed by atoms with Crippen molar-refractivity contribution in [3.05, 3.63) is 89.7 Å². The summed E-state index contributed by atoms with van der Waals surface area (Å²) in [7, 11) is 0. The van der Waals surface area contributed by atoms with E-state index in [9.17, 15) is 9.18 Å². The molecule has 0 unspecified atom stereocenters. The number of benzene rings is 3. The van der Waals surface area contributed by atoms with Gasteiger partial charge in [-0.25, -0.2) is 4.39 Å². The van der Waals surface area contributed by atoms with E-state index in [1.807, 2.05) is 25.1 Å². The summed E-state index contributed by atoms with van der Waals surface area (Å²) in [5.41, 5.74) is 2.70. The van der Waals surface area contributed by atoms with E-state index in [1.165, 1.54) is 29.8 Å². The highest BCUT2D eigenvalue weighted by molar-refractivity contribution is 7.80. The van der Waals surface area contributed by atoms with E-state index in [4.69, 9.17) is 21.7 Å². The molecule has 3 aromatic carbocycles. The first-order valence-electron chi connectivity index (χ1n) is 12.0. The van der Waals surface area contributed by atoms with E-state index in [0.29, 0.717) is 23.8 Å². The molecular weight excluding hydrogens is 477 g/mol. The van der Waals surface area contributed by atoms with Crippen LogP contribution in [0.25, 0.3) is 0 Å². The fourth-order valence-corrected chi connectivity index (χ4v) is 4.35. The van der Waals surface area contributed by atoms with Crippen molar-refractivity contribution in [2.45, 2.75) is 13.5 Å². The summed E-state index contributed by atoms with van der Waals surface area (Å²) in [5, 5.41) is 2.68. The minimum absolute atomic E-state index is 0.204. The Kier molecular flexibility index (Phi) is 8.86. The summed E-state index contributed by atoms with van der Waals surface area (Å²) >= 11 is 5.80. The molecular formula is C28H30FN3O3S. The minimum Gasteiger partial charge on any atom is -0.490 e. The lowest BCUT2D eigenvalue weighted by molar-refractivity contribution is -0.118. The van der Waals surface area contributed by atoms with Crippen molar-refractivity contribution in [3.8, 4) is 11.5 Å². The van der Waals surface area contributed by atoms with Crippen LogP contribution >= 0.6 is 12.2 Å². The van der Waals surface area contributed by atoms with Gasteiger partial charge < -0.3 is 19.7 Å². The summed E-state index contributed by atoms with van der Waals surface area (Å²) in [5.74, 6) is 0.287. The Balaban J connectivity index is 1.33. The van der Waals surface area contributed by atoms with Crippen molar-refractivity contribution in [2.24, 2.45) is 0 Å². The quantitative estimate of drug-likeness (QED) is 0.423. The largest absolute Gasteiger partial charge is 0.490 e. The van der Waals surface area contributed by atoms with Gasteiger partial charge in [0.1, 0.15) is 10.8 Å². The predicted octanol–water partition coefficient (Wildman–Crippen LogP) is 4.74. The molecule has 0 aliphatic carbocycles. The fourth-order valence-electron chi connectivity index (χ4n) is 4.04. The van der Waals surface area contributed by atoms with Crippen molar-refractivity contribution < 1.29 is 18.7 Å². The molecule has 4 rings (SSSR count). The number of anilines is 1.